The van der Waals surface area contributed by atoms with E-state index in [1.54, 1.807) is 41.0 Å². The van der Waals surface area contributed by atoms with Gasteiger partial charge in [-0.25, -0.2) is 0 Å². The van der Waals surface area contributed by atoms with Crippen molar-refractivity contribution in [2.24, 2.45) is 11.7 Å². The Morgan fingerprint density at radius 2 is 1.68 bits per heavy atom. The van der Waals surface area contributed by atoms with E-state index in [4.69, 9.17) is 5.73 Å². The number of nitrogens with two attached hydrogens (primary N) is 1. The van der Waals surface area contributed by atoms with Crippen molar-refractivity contribution in [2.45, 2.75) is 10.6 Å². The van der Waals surface area contributed by atoms with Crippen LogP contribution in [0, 0.1) is 17.2 Å². The number of para-hydroxylation sites is 2. The van der Waals surface area contributed by atoms with Crippen molar-refractivity contribution in [3.05, 3.63) is 96.1 Å². The highest BCUT2D eigenvalue weighted by atomic mass is 32.2. The van der Waals surface area contributed by atoms with Crippen LogP contribution in [0.5, 0.6) is 0 Å². The molecule has 7 nitrogen and oxygen atoms in total. The summed E-state index contributed by atoms with van der Waals surface area (Å²) in [5.41, 5.74) is 11.8. The van der Waals surface area contributed by atoms with Crippen molar-refractivity contribution < 1.29 is 9.59 Å². The number of fused-ring (bicyclic) bond motifs is 2. The van der Waals surface area contributed by atoms with Gasteiger partial charge in [0.25, 0.3) is 0 Å². The number of ketones is 1. The molecule has 2 atom stereocenters. The third-order valence-electron chi connectivity index (χ3n) is 5.89. The molecule has 0 aliphatic carbocycles. The number of thioether (sulfide) groups is 1. The lowest BCUT2D eigenvalue weighted by atomic mass is 9.87. The summed E-state index contributed by atoms with van der Waals surface area (Å²) in [4.78, 5) is 27.7. The first-order chi connectivity index (χ1) is 16.5. The van der Waals surface area contributed by atoms with Crippen LogP contribution in [-0.4, -0.2) is 23.1 Å². The first kappa shape index (κ1) is 21.9. The fourth-order valence-electron chi connectivity index (χ4n) is 4.20. The Balaban J connectivity index is 1.55. The molecule has 2 heterocycles. The summed E-state index contributed by atoms with van der Waals surface area (Å²) < 4.78 is 0. The van der Waals surface area contributed by atoms with E-state index in [-0.39, 0.29) is 0 Å². The van der Waals surface area contributed by atoms with Crippen LogP contribution < -0.4 is 21.5 Å². The second-order valence-corrected chi connectivity index (χ2v) is 9.00. The van der Waals surface area contributed by atoms with Gasteiger partial charge < -0.3 is 11.1 Å². The SMILES string of the molecule is N#CC(C(=O)Nc1ccccc1)C(=O)C1(N)NN(c2ccccc2)C2=C1CSc1ccccc12. The molecule has 0 bridgehead atoms. The Labute approximate surface area is 201 Å². The molecular weight excluding hydrogens is 446 g/mol. The lowest BCUT2D eigenvalue weighted by molar-refractivity contribution is -0.132. The number of nitriles is 1. The second kappa shape index (κ2) is 8.80. The standard InChI is InChI=1S/C26H21N5O2S/c27-15-20(25(33)29-17-9-3-1-4-10-17)24(32)26(28)21-16-34-22-14-8-7-13-19(22)23(21)31(30-26)18-11-5-2-6-12-18/h1-14,20,30H,16,28H2,(H,29,33). The Morgan fingerprint density at radius 3 is 2.38 bits per heavy atom. The number of carbonyl (C=O) groups excluding carboxylic acids is 2. The smallest absolute Gasteiger partial charge is 0.249 e. The van der Waals surface area contributed by atoms with Gasteiger partial charge in [0, 0.05) is 27.5 Å². The van der Waals surface area contributed by atoms with Crippen molar-refractivity contribution >= 4 is 40.5 Å². The topological polar surface area (TPSA) is 111 Å². The van der Waals surface area contributed by atoms with Gasteiger partial charge in [-0.15, -0.1) is 11.8 Å². The molecule has 3 aromatic rings. The monoisotopic (exact) mass is 467 g/mol. The zero-order valence-corrected chi connectivity index (χ0v) is 18.9. The molecule has 0 saturated carbocycles. The molecule has 2 aliphatic heterocycles. The number of hydrogen-bond acceptors (Lipinski definition) is 7. The molecule has 2 unspecified atom stereocenters. The molecular formula is C26H21N5O2S. The van der Waals surface area contributed by atoms with Gasteiger partial charge in [-0.05, 0) is 30.3 Å². The maximum atomic E-state index is 13.7. The summed E-state index contributed by atoms with van der Waals surface area (Å²) in [5.74, 6) is -2.56. The normalized spacial score (nSPS) is 19.6. The number of nitrogens with one attached hydrogen (secondary N) is 2. The van der Waals surface area contributed by atoms with E-state index in [1.807, 2.05) is 66.7 Å². The minimum absolute atomic E-state index is 0.448. The van der Waals surface area contributed by atoms with Gasteiger partial charge >= 0.3 is 0 Å². The lowest BCUT2D eigenvalue weighted by Crippen LogP contribution is -2.64. The van der Waals surface area contributed by atoms with Crippen molar-refractivity contribution in [1.29, 1.82) is 5.26 Å². The minimum Gasteiger partial charge on any atom is -0.325 e. The number of rotatable bonds is 5. The van der Waals surface area contributed by atoms with Crippen LogP contribution in [0.2, 0.25) is 0 Å². The third kappa shape index (κ3) is 3.66. The number of Topliss-reactive ketones (excluding diaryl/α,β-unsaturated/α-hetero) is 1. The zero-order valence-electron chi connectivity index (χ0n) is 18.1. The van der Waals surface area contributed by atoms with Gasteiger partial charge in [-0.2, -0.15) is 10.7 Å². The molecule has 0 radical (unpaired) electrons. The van der Waals surface area contributed by atoms with Crippen LogP contribution in [-0.2, 0) is 9.59 Å². The summed E-state index contributed by atoms with van der Waals surface area (Å²) in [6, 6.07) is 28.0. The number of hydrogen-bond donors (Lipinski definition) is 3. The number of carbonyl (C=O) groups is 2. The van der Waals surface area contributed by atoms with Gasteiger partial charge in [0.15, 0.2) is 17.4 Å². The largest absolute Gasteiger partial charge is 0.325 e. The molecule has 168 valence electrons. The van der Waals surface area contributed by atoms with E-state index >= 15 is 0 Å². The lowest BCUT2D eigenvalue weighted by Gasteiger charge is -2.29. The van der Waals surface area contributed by atoms with Crippen LogP contribution in [0.15, 0.2) is 95.4 Å². The highest BCUT2D eigenvalue weighted by molar-refractivity contribution is 7.99. The summed E-state index contributed by atoms with van der Waals surface area (Å²) >= 11 is 1.57. The summed E-state index contributed by atoms with van der Waals surface area (Å²) in [7, 11) is 0. The van der Waals surface area contributed by atoms with E-state index in [2.05, 4.69) is 10.7 Å². The third-order valence-corrected chi connectivity index (χ3v) is 6.99. The van der Waals surface area contributed by atoms with Crippen molar-refractivity contribution in [2.75, 3.05) is 16.1 Å². The molecule has 3 aromatic carbocycles. The molecule has 34 heavy (non-hydrogen) atoms. The van der Waals surface area contributed by atoms with Crippen molar-refractivity contribution in [1.82, 2.24) is 5.43 Å². The fraction of sp³-hybridized carbons (Fsp3) is 0.115. The van der Waals surface area contributed by atoms with Crippen LogP contribution in [0.1, 0.15) is 5.56 Å². The average Bonchev–Trinajstić information content (AvgIpc) is 3.20. The maximum absolute atomic E-state index is 13.7. The van der Waals surface area contributed by atoms with Crippen LogP contribution >= 0.6 is 11.8 Å². The van der Waals surface area contributed by atoms with E-state index in [0.717, 1.165) is 21.8 Å². The van der Waals surface area contributed by atoms with Crippen LogP contribution in [0.4, 0.5) is 11.4 Å². The highest BCUT2D eigenvalue weighted by Gasteiger charge is 2.52. The first-order valence-electron chi connectivity index (χ1n) is 10.7. The van der Waals surface area contributed by atoms with Gasteiger partial charge in [0.1, 0.15) is 0 Å². The van der Waals surface area contributed by atoms with Crippen LogP contribution in [0.25, 0.3) is 5.70 Å². The molecule has 4 N–H and O–H groups in total. The minimum atomic E-state index is -1.72. The Morgan fingerprint density at radius 1 is 1.03 bits per heavy atom. The Hall–Kier alpha value is -3.90. The van der Waals surface area contributed by atoms with Gasteiger partial charge in [0.2, 0.25) is 5.91 Å². The quantitative estimate of drug-likeness (QED) is 0.492. The first-order valence-corrected chi connectivity index (χ1v) is 11.7. The highest BCUT2D eigenvalue weighted by Crippen LogP contribution is 2.46. The molecule has 8 heteroatoms. The van der Waals surface area contributed by atoms with Crippen molar-refractivity contribution in [3.63, 3.8) is 0 Å². The summed E-state index contributed by atoms with van der Waals surface area (Å²) in [5, 5.41) is 14.2. The molecule has 1 amide bonds. The second-order valence-electron chi connectivity index (χ2n) is 7.98. The molecule has 0 aromatic heterocycles. The number of amides is 1. The number of hydrazine groups is 1. The molecule has 0 saturated heterocycles. The number of nitrogens with zero attached hydrogens (tertiary/aromatic N) is 2. The maximum Gasteiger partial charge on any atom is 0.249 e. The number of anilines is 2. The van der Waals surface area contributed by atoms with Gasteiger partial charge in [-0.3, -0.25) is 14.6 Å². The number of benzene rings is 3. The van der Waals surface area contributed by atoms with E-state index in [1.165, 1.54) is 0 Å². The summed E-state index contributed by atoms with van der Waals surface area (Å²) in [6.07, 6.45) is 0. The van der Waals surface area contributed by atoms with E-state index in [9.17, 15) is 14.9 Å². The van der Waals surface area contributed by atoms with E-state index in [0.29, 0.717) is 17.0 Å². The van der Waals surface area contributed by atoms with Crippen molar-refractivity contribution in [3.8, 4) is 6.07 Å². The van der Waals surface area contributed by atoms with Gasteiger partial charge in [0.05, 0.1) is 17.5 Å². The van der Waals surface area contributed by atoms with E-state index < -0.39 is 23.3 Å². The fourth-order valence-corrected chi connectivity index (χ4v) is 5.36. The molecule has 0 spiro atoms. The predicted octanol–water partition coefficient (Wildman–Crippen LogP) is 3.53. The van der Waals surface area contributed by atoms with Gasteiger partial charge in [-0.1, -0.05) is 54.6 Å². The molecule has 5 rings (SSSR count). The predicted molar refractivity (Wildman–Crippen MR) is 132 cm³/mol. The molecule has 2 aliphatic rings. The Kier molecular flexibility index (Phi) is 5.67. The Bertz CT molecular complexity index is 1340. The summed E-state index contributed by atoms with van der Waals surface area (Å²) in [6.45, 7) is 0. The molecule has 0 fully saturated rings. The zero-order chi connectivity index (χ0) is 23.7. The average molecular weight is 468 g/mol. The van der Waals surface area contributed by atoms with Crippen LogP contribution in [0.3, 0.4) is 0 Å².